The molecule has 0 saturated carbocycles. The van der Waals surface area contributed by atoms with Crippen LogP contribution in [0.1, 0.15) is 11.4 Å². The van der Waals surface area contributed by atoms with Gasteiger partial charge in [-0.3, -0.25) is 9.97 Å². The molecule has 0 aliphatic carbocycles. The van der Waals surface area contributed by atoms with E-state index in [1.54, 1.807) is 6.20 Å². The molecule has 2 aromatic rings. The molecule has 0 aliphatic heterocycles. The van der Waals surface area contributed by atoms with Crippen LogP contribution in [0, 0.1) is 5.21 Å². The lowest BCUT2D eigenvalue weighted by molar-refractivity contribution is -0.703. The Bertz CT molecular complexity index is 580. The van der Waals surface area contributed by atoms with Gasteiger partial charge >= 0.3 is 0 Å². The molecule has 130 valence electrons. The molecule has 2 heterocycles. The second-order valence-corrected chi connectivity index (χ2v) is 4.97. The molecule has 0 fully saturated rings. The molecule has 0 amide bonds. The summed E-state index contributed by atoms with van der Waals surface area (Å²) in [6.07, 6.45) is 5.16. The number of pyridine rings is 2. The van der Waals surface area contributed by atoms with Crippen molar-refractivity contribution in [2.45, 2.75) is 12.8 Å². The van der Waals surface area contributed by atoms with Gasteiger partial charge in [0, 0.05) is 43.2 Å². The van der Waals surface area contributed by atoms with Crippen molar-refractivity contribution in [3.05, 3.63) is 65.4 Å². The molecule has 2 N–H and O–H groups in total. The molecule has 0 spiro atoms. The fourth-order valence-corrected chi connectivity index (χ4v) is 1.78. The van der Waals surface area contributed by atoms with E-state index in [0.29, 0.717) is 13.0 Å². The molecule has 8 nitrogen and oxygen atoms in total. The maximum absolute atomic E-state index is 10.7. The van der Waals surface area contributed by atoms with Gasteiger partial charge in [-0.05, 0) is 31.3 Å². The summed E-state index contributed by atoms with van der Waals surface area (Å²) in [6, 6.07) is 11.6. The fraction of sp³-hybridized carbons (Fsp3) is 0.375. The maximum atomic E-state index is 10.7. The molecule has 0 unspecified atom stereocenters. The molecule has 0 aliphatic rings. The van der Waals surface area contributed by atoms with Gasteiger partial charge in [0.15, 0.2) is 0 Å². The summed E-state index contributed by atoms with van der Waals surface area (Å²) < 4.78 is 0. The highest BCUT2D eigenvalue weighted by atomic mass is 16.6. The highest BCUT2D eigenvalue weighted by Gasteiger charge is 2.05. The molecule has 0 saturated heterocycles. The summed E-state index contributed by atoms with van der Waals surface area (Å²) in [5.74, 6) is 0. The Morgan fingerprint density at radius 3 is 2.17 bits per heavy atom. The van der Waals surface area contributed by atoms with Gasteiger partial charge in [-0.1, -0.05) is 12.1 Å². The van der Waals surface area contributed by atoms with Gasteiger partial charge in [-0.2, -0.15) is 0 Å². The summed E-state index contributed by atoms with van der Waals surface area (Å²) in [6.45, 7) is 1.45. The van der Waals surface area contributed by atoms with Crippen LogP contribution in [0.25, 0.3) is 0 Å². The Balaban J connectivity index is 0.000000254. The first-order valence-electron chi connectivity index (χ1n) is 7.65. The molecule has 0 atom stereocenters. The highest BCUT2D eigenvalue weighted by Crippen LogP contribution is 1.96. The number of nitrogens with one attached hydrogen (secondary N) is 1. The molecule has 8 heteroatoms. The first-order chi connectivity index (χ1) is 11.7. The van der Waals surface area contributed by atoms with Crippen molar-refractivity contribution in [1.82, 2.24) is 20.3 Å². The largest absolute Gasteiger partial charge is 0.569 e. The van der Waals surface area contributed by atoms with Crippen molar-refractivity contribution >= 4 is 0 Å². The monoisotopic (exact) mass is 332 g/mol. The summed E-state index contributed by atoms with van der Waals surface area (Å²) in [7, 11) is 3.48. The van der Waals surface area contributed by atoms with Crippen LogP contribution in [0.2, 0.25) is 0 Å². The Morgan fingerprint density at radius 1 is 1.12 bits per heavy atom. The zero-order valence-electron chi connectivity index (χ0n) is 14.0. The van der Waals surface area contributed by atoms with Crippen LogP contribution >= 0.6 is 0 Å². The normalized spacial score (nSPS) is 10.7. The van der Waals surface area contributed by atoms with E-state index in [9.17, 15) is 5.21 Å². The minimum Gasteiger partial charge on any atom is -0.569 e. The molecular formula is C16H24N6O2. The zero-order chi connectivity index (χ0) is 17.6. The lowest BCUT2D eigenvalue weighted by Crippen LogP contribution is -2.28. The summed E-state index contributed by atoms with van der Waals surface area (Å²) in [4.78, 5) is 8.40. The van der Waals surface area contributed by atoms with E-state index < -0.39 is 0 Å². The number of nitrogens with zero attached hydrogens (tertiary/aromatic N) is 5. The number of hydrazine groups is 1. The van der Waals surface area contributed by atoms with Crippen LogP contribution in [0.15, 0.2) is 54.1 Å². The van der Waals surface area contributed by atoms with Gasteiger partial charge in [0.25, 0.3) is 0 Å². The third kappa shape index (κ3) is 8.04. The van der Waals surface area contributed by atoms with Gasteiger partial charge in [-0.15, -0.1) is 5.01 Å². The van der Waals surface area contributed by atoms with Crippen molar-refractivity contribution in [2.75, 3.05) is 27.2 Å². The van der Waals surface area contributed by atoms with Gasteiger partial charge in [0.2, 0.25) is 5.28 Å². The lowest BCUT2D eigenvalue weighted by atomic mass is 10.3. The number of aromatic nitrogens is 2. The molecule has 2 aromatic heterocycles. The topological polar surface area (TPSA) is 99.7 Å². The third-order valence-electron chi connectivity index (χ3n) is 3.14. The smallest absolute Gasteiger partial charge is 0.230 e. The van der Waals surface area contributed by atoms with E-state index in [2.05, 4.69) is 20.6 Å². The van der Waals surface area contributed by atoms with Gasteiger partial charge in [-0.25, -0.2) is 0 Å². The minimum atomic E-state index is 0.128. The van der Waals surface area contributed by atoms with Crippen molar-refractivity contribution in [2.24, 2.45) is 5.28 Å². The van der Waals surface area contributed by atoms with Gasteiger partial charge in [0.05, 0.1) is 18.6 Å². The van der Waals surface area contributed by atoms with Crippen LogP contribution in [0.5, 0.6) is 0 Å². The first-order valence-corrected chi connectivity index (χ1v) is 7.65. The van der Waals surface area contributed by atoms with Gasteiger partial charge in [0.1, 0.15) is 0 Å². The summed E-state index contributed by atoms with van der Waals surface area (Å²) in [5, 5.41) is 25.7. The van der Waals surface area contributed by atoms with E-state index in [-0.39, 0.29) is 4.97 Å². The van der Waals surface area contributed by atoms with E-state index >= 15 is 0 Å². The van der Waals surface area contributed by atoms with Crippen LogP contribution in [0.3, 0.4) is 0 Å². The molecule has 2 rings (SSSR count). The van der Waals surface area contributed by atoms with E-state index in [0.717, 1.165) is 24.4 Å². The number of likely N-dealkylation sites (N-methyl/N-ethyl adjacent to an activating group) is 2. The molecule has 0 aromatic carbocycles. The Kier molecular flexibility index (Phi) is 9.48. The maximum Gasteiger partial charge on any atom is 0.230 e. The summed E-state index contributed by atoms with van der Waals surface area (Å²) >= 11 is 0. The van der Waals surface area contributed by atoms with E-state index in [4.69, 9.17) is 5.21 Å². The zero-order valence-corrected chi connectivity index (χ0v) is 14.0. The van der Waals surface area contributed by atoms with Crippen molar-refractivity contribution in [3.63, 3.8) is 0 Å². The second kappa shape index (κ2) is 11.8. The summed E-state index contributed by atoms with van der Waals surface area (Å²) in [5.41, 5.74) is 2.04. The quantitative estimate of drug-likeness (QED) is 0.454. The lowest BCUT2D eigenvalue weighted by Gasteiger charge is -2.11. The average Bonchev–Trinajstić information content (AvgIpc) is 2.66. The van der Waals surface area contributed by atoms with Crippen LogP contribution < -0.4 is 5.32 Å². The standard InChI is InChI=1S/C8H12N4O2.C8H12N2/c1-11(12(14)10-13)7-5-8-4-2-3-6-9-8;1-9-7-5-8-4-2-3-6-10-8/h2-4,6,13H,5,7H2,1H3;2-4,6,9H,5,7H2,1H3. The van der Waals surface area contributed by atoms with Crippen molar-refractivity contribution < 1.29 is 10.2 Å². The van der Waals surface area contributed by atoms with E-state index in [1.807, 2.05) is 49.6 Å². The number of hydrogen-bond acceptors (Lipinski definition) is 5. The molecule has 24 heavy (non-hydrogen) atoms. The van der Waals surface area contributed by atoms with Crippen LogP contribution in [-0.4, -0.2) is 52.3 Å². The molecule has 0 bridgehead atoms. The Labute approximate surface area is 142 Å². The molecule has 0 radical (unpaired) electrons. The van der Waals surface area contributed by atoms with E-state index in [1.165, 1.54) is 12.1 Å². The Morgan fingerprint density at radius 2 is 1.71 bits per heavy atom. The van der Waals surface area contributed by atoms with Crippen LogP contribution in [-0.2, 0) is 12.8 Å². The predicted octanol–water partition coefficient (Wildman–Crippen LogP) is 1.67. The third-order valence-corrected chi connectivity index (χ3v) is 3.14. The number of rotatable bonds is 7. The second-order valence-electron chi connectivity index (χ2n) is 4.97. The fourth-order valence-electron chi connectivity index (χ4n) is 1.78. The van der Waals surface area contributed by atoms with Crippen LogP contribution in [0.4, 0.5) is 0 Å². The average molecular weight is 332 g/mol. The highest BCUT2D eigenvalue weighted by molar-refractivity contribution is 5.04. The SMILES string of the molecule is CN(CCc1ccccn1)[N+]([O-])=NO.CNCCc1ccccn1. The predicted molar refractivity (Wildman–Crippen MR) is 90.3 cm³/mol. The van der Waals surface area contributed by atoms with Crippen molar-refractivity contribution in [1.29, 1.82) is 0 Å². The molecular weight excluding hydrogens is 308 g/mol. The number of hydrogen-bond donors (Lipinski definition) is 2. The Hall–Kier alpha value is -2.74. The van der Waals surface area contributed by atoms with Crippen molar-refractivity contribution in [3.8, 4) is 0 Å². The van der Waals surface area contributed by atoms with Gasteiger partial charge < -0.3 is 15.7 Å². The minimum absolute atomic E-state index is 0.128. The first kappa shape index (κ1) is 19.3.